The fraction of sp³-hybridized carbons (Fsp3) is 0.182. The van der Waals surface area contributed by atoms with Crippen molar-refractivity contribution in [2.24, 2.45) is 0 Å². The van der Waals surface area contributed by atoms with Gasteiger partial charge in [0.15, 0.2) is 11.0 Å². The fourth-order valence-electron chi connectivity index (χ4n) is 1.52. The number of nitrogens with zero attached hydrogens (tertiary/aromatic N) is 3. The first-order valence-corrected chi connectivity index (χ1v) is 7.53. The molecule has 1 aromatic heterocycles. The monoisotopic (exact) mass is 377 g/mol. The van der Waals surface area contributed by atoms with E-state index in [9.17, 15) is 9.90 Å². The van der Waals surface area contributed by atoms with Gasteiger partial charge in [-0.15, -0.1) is 10.2 Å². The lowest BCUT2D eigenvalue weighted by atomic mass is 10.3. The van der Waals surface area contributed by atoms with Crippen LogP contribution in [0.5, 0.6) is 0 Å². The van der Waals surface area contributed by atoms with Crippen LogP contribution >= 0.6 is 39.3 Å². The van der Waals surface area contributed by atoms with Crippen molar-refractivity contribution in [2.75, 3.05) is 5.75 Å². The quantitative estimate of drug-likeness (QED) is 0.777. The zero-order valence-electron chi connectivity index (χ0n) is 9.95. The van der Waals surface area contributed by atoms with E-state index in [0.29, 0.717) is 21.7 Å². The van der Waals surface area contributed by atoms with Gasteiger partial charge < -0.3 is 10.2 Å². The number of carbonyl (C=O) groups is 1. The van der Waals surface area contributed by atoms with Crippen molar-refractivity contribution in [2.45, 2.75) is 11.8 Å². The van der Waals surface area contributed by atoms with Gasteiger partial charge in [-0.25, -0.2) is 0 Å². The molecular weight excluding hydrogens is 370 g/mol. The highest BCUT2D eigenvalue weighted by atomic mass is 79.9. The van der Waals surface area contributed by atoms with Crippen molar-refractivity contribution in [1.82, 2.24) is 14.8 Å². The molecule has 0 saturated carbocycles. The van der Waals surface area contributed by atoms with Crippen molar-refractivity contribution >= 4 is 45.3 Å². The highest BCUT2D eigenvalue weighted by molar-refractivity contribution is 9.10. The summed E-state index contributed by atoms with van der Waals surface area (Å²) in [5.74, 6) is -0.803. The summed E-state index contributed by atoms with van der Waals surface area (Å²) in [6, 6.07) is 5.14. The summed E-state index contributed by atoms with van der Waals surface area (Å²) in [6.07, 6.45) is 0. The number of thioether (sulfide) groups is 1. The van der Waals surface area contributed by atoms with E-state index in [-0.39, 0.29) is 12.4 Å². The largest absolute Gasteiger partial charge is 0.481 e. The molecule has 0 unspecified atom stereocenters. The summed E-state index contributed by atoms with van der Waals surface area (Å²) in [6.45, 7) is -0.320. The molecule has 0 radical (unpaired) electrons. The van der Waals surface area contributed by atoms with Gasteiger partial charge in [0.1, 0.15) is 6.61 Å². The minimum absolute atomic E-state index is 0.151. The smallest absolute Gasteiger partial charge is 0.313 e. The van der Waals surface area contributed by atoms with Gasteiger partial charge in [-0.3, -0.25) is 9.36 Å². The molecule has 0 saturated heterocycles. The Morgan fingerprint density at radius 1 is 1.45 bits per heavy atom. The Kier molecular flexibility index (Phi) is 5.03. The molecule has 0 spiro atoms. The van der Waals surface area contributed by atoms with E-state index in [4.69, 9.17) is 16.7 Å². The molecule has 0 aliphatic heterocycles. The normalized spacial score (nSPS) is 10.8. The first kappa shape index (κ1) is 15.3. The number of carboxylic acids is 1. The van der Waals surface area contributed by atoms with Crippen LogP contribution in [0, 0.1) is 0 Å². The van der Waals surface area contributed by atoms with E-state index in [1.807, 2.05) is 0 Å². The molecule has 2 N–H and O–H groups in total. The summed E-state index contributed by atoms with van der Waals surface area (Å²) in [5.41, 5.74) is 0.638. The van der Waals surface area contributed by atoms with Gasteiger partial charge in [0.25, 0.3) is 0 Å². The number of aliphatic carboxylic acids is 1. The maximum atomic E-state index is 10.7. The highest BCUT2D eigenvalue weighted by Gasteiger charge is 2.17. The summed E-state index contributed by atoms with van der Waals surface area (Å²) in [7, 11) is 0. The molecule has 9 heteroatoms. The van der Waals surface area contributed by atoms with Crippen LogP contribution in [0.1, 0.15) is 5.82 Å². The van der Waals surface area contributed by atoms with E-state index >= 15 is 0 Å². The highest BCUT2D eigenvalue weighted by Crippen LogP contribution is 2.29. The topological polar surface area (TPSA) is 88.2 Å². The molecule has 2 rings (SSSR count). The minimum atomic E-state index is -0.958. The van der Waals surface area contributed by atoms with E-state index in [1.165, 1.54) is 0 Å². The van der Waals surface area contributed by atoms with Gasteiger partial charge >= 0.3 is 5.97 Å². The Morgan fingerprint density at radius 3 is 2.85 bits per heavy atom. The van der Waals surface area contributed by atoms with Crippen LogP contribution in [0.25, 0.3) is 5.69 Å². The molecule has 0 fully saturated rings. The van der Waals surface area contributed by atoms with Crippen molar-refractivity contribution in [3.05, 3.63) is 33.5 Å². The van der Waals surface area contributed by atoms with E-state index in [1.54, 1.807) is 22.8 Å². The average Bonchev–Trinajstić information content (AvgIpc) is 2.82. The number of carboxylic acid groups (broad SMARTS) is 1. The number of aromatic nitrogens is 3. The SMILES string of the molecule is O=C(O)CSc1nnc(CO)n1-c1cc(Cl)ccc1Br. The standard InChI is InChI=1S/C11H9BrClN3O3S/c12-7-2-1-6(13)3-8(7)16-9(4-17)14-15-11(16)20-5-10(18)19/h1-3,17H,4-5H2,(H,18,19). The van der Waals surface area contributed by atoms with Crippen molar-refractivity contribution in [1.29, 1.82) is 0 Å². The molecule has 0 atom stereocenters. The zero-order chi connectivity index (χ0) is 14.7. The Morgan fingerprint density at radius 2 is 2.20 bits per heavy atom. The molecule has 0 amide bonds. The van der Waals surface area contributed by atoms with Gasteiger partial charge in [0, 0.05) is 9.50 Å². The van der Waals surface area contributed by atoms with Gasteiger partial charge in [-0.2, -0.15) is 0 Å². The van der Waals surface area contributed by atoms with Crippen molar-refractivity contribution in [3.63, 3.8) is 0 Å². The second-order valence-corrected chi connectivity index (χ2v) is 5.90. The maximum Gasteiger partial charge on any atom is 0.313 e. The Labute approximate surface area is 131 Å². The van der Waals surface area contributed by atoms with Gasteiger partial charge in [0.05, 0.1) is 11.4 Å². The van der Waals surface area contributed by atoms with E-state index in [2.05, 4.69) is 26.1 Å². The third kappa shape index (κ3) is 3.32. The van der Waals surface area contributed by atoms with Gasteiger partial charge in [-0.05, 0) is 34.1 Å². The lowest BCUT2D eigenvalue weighted by Crippen LogP contribution is -2.05. The second kappa shape index (κ2) is 6.57. The van der Waals surface area contributed by atoms with Crippen LogP contribution < -0.4 is 0 Å². The van der Waals surface area contributed by atoms with Crippen LogP contribution in [0.2, 0.25) is 5.02 Å². The molecule has 1 aromatic carbocycles. The number of aliphatic hydroxyl groups is 1. The molecular formula is C11H9BrClN3O3S. The molecule has 20 heavy (non-hydrogen) atoms. The number of benzene rings is 1. The van der Waals surface area contributed by atoms with Crippen LogP contribution in [-0.4, -0.2) is 36.7 Å². The number of hydrogen-bond acceptors (Lipinski definition) is 5. The van der Waals surface area contributed by atoms with Crippen LogP contribution in [0.15, 0.2) is 27.8 Å². The lowest BCUT2D eigenvalue weighted by molar-refractivity contribution is -0.133. The number of halogens is 2. The average molecular weight is 379 g/mol. The first-order chi connectivity index (χ1) is 9.52. The second-order valence-electron chi connectivity index (χ2n) is 3.67. The maximum absolute atomic E-state index is 10.7. The van der Waals surface area contributed by atoms with Crippen molar-refractivity contribution in [3.8, 4) is 5.69 Å². The zero-order valence-corrected chi connectivity index (χ0v) is 13.1. The Balaban J connectivity index is 2.50. The Bertz CT molecular complexity index is 650. The summed E-state index contributed by atoms with van der Waals surface area (Å²) in [4.78, 5) is 10.7. The Hall–Kier alpha value is -1.09. The van der Waals surface area contributed by atoms with Gasteiger partial charge in [0.2, 0.25) is 0 Å². The summed E-state index contributed by atoms with van der Waals surface area (Å²) in [5, 5.41) is 26.7. The third-order valence-corrected chi connectivity index (χ3v) is 4.14. The molecule has 0 aliphatic carbocycles. The molecule has 0 bridgehead atoms. The van der Waals surface area contributed by atoms with E-state index in [0.717, 1.165) is 16.2 Å². The van der Waals surface area contributed by atoms with Gasteiger partial charge in [-0.1, -0.05) is 23.4 Å². The van der Waals surface area contributed by atoms with E-state index < -0.39 is 5.97 Å². The summed E-state index contributed by atoms with van der Waals surface area (Å²) < 4.78 is 2.30. The third-order valence-electron chi connectivity index (χ3n) is 2.32. The number of rotatable bonds is 5. The molecule has 1 heterocycles. The fourth-order valence-corrected chi connectivity index (χ4v) is 2.80. The molecule has 106 valence electrons. The first-order valence-electron chi connectivity index (χ1n) is 5.38. The number of hydrogen-bond donors (Lipinski definition) is 2. The van der Waals surface area contributed by atoms with Crippen LogP contribution in [0.3, 0.4) is 0 Å². The number of aliphatic hydroxyl groups excluding tert-OH is 1. The molecule has 6 nitrogen and oxygen atoms in total. The minimum Gasteiger partial charge on any atom is -0.481 e. The predicted molar refractivity (Wildman–Crippen MR) is 78.4 cm³/mol. The van der Waals surface area contributed by atoms with Crippen LogP contribution in [-0.2, 0) is 11.4 Å². The predicted octanol–water partition coefficient (Wildman–Crippen LogP) is 2.35. The molecule has 2 aromatic rings. The van der Waals surface area contributed by atoms with Crippen LogP contribution in [0.4, 0.5) is 0 Å². The summed E-state index contributed by atoms with van der Waals surface area (Å²) >= 11 is 10.4. The lowest BCUT2D eigenvalue weighted by Gasteiger charge is -2.11. The van der Waals surface area contributed by atoms with Crippen molar-refractivity contribution < 1.29 is 15.0 Å². The molecule has 0 aliphatic rings.